The molecule has 0 atom stereocenters. The number of nitrogens with one attached hydrogen (secondary N) is 2. The van der Waals surface area contributed by atoms with Gasteiger partial charge in [-0.15, -0.1) is 0 Å². The minimum Gasteiger partial charge on any atom is -0.492 e. The summed E-state index contributed by atoms with van der Waals surface area (Å²) in [6.07, 6.45) is 0.783. The molecule has 0 unspecified atom stereocenters. The van der Waals surface area contributed by atoms with Crippen LogP contribution in [-0.2, 0) is 4.79 Å². The second kappa shape index (κ2) is 9.97. The van der Waals surface area contributed by atoms with Gasteiger partial charge >= 0.3 is 0 Å². The molecule has 4 nitrogen and oxygen atoms in total. The summed E-state index contributed by atoms with van der Waals surface area (Å²) in [6.45, 7) is 2.27. The van der Waals surface area contributed by atoms with Crippen LogP contribution in [0.25, 0.3) is 0 Å². The maximum Gasteiger partial charge on any atom is 0.226 e. The number of ether oxygens (including phenoxy) is 1. The molecule has 2 rings (SSSR count). The van der Waals surface area contributed by atoms with Crippen LogP contribution in [0.3, 0.4) is 0 Å². The number of carbonyl (C=O) groups excluding carboxylic acids is 1. The monoisotopic (exact) mass is 430 g/mol. The van der Waals surface area contributed by atoms with Crippen LogP contribution < -0.4 is 15.4 Å². The van der Waals surface area contributed by atoms with Crippen molar-refractivity contribution < 1.29 is 9.53 Å². The van der Waals surface area contributed by atoms with Gasteiger partial charge in [-0.3, -0.25) is 4.79 Å². The fourth-order valence-corrected chi connectivity index (χ4v) is 2.94. The van der Waals surface area contributed by atoms with Crippen molar-refractivity contribution in [3.8, 4) is 5.75 Å². The van der Waals surface area contributed by atoms with Crippen molar-refractivity contribution in [1.82, 2.24) is 5.32 Å². The molecule has 2 aromatic carbocycles. The zero-order valence-electron chi connectivity index (χ0n) is 13.9. The molecule has 0 aliphatic carbocycles. The van der Waals surface area contributed by atoms with E-state index in [1.807, 2.05) is 13.0 Å². The van der Waals surface area contributed by atoms with Gasteiger partial charge in [-0.05, 0) is 61.5 Å². The Morgan fingerprint density at radius 3 is 2.54 bits per heavy atom. The predicted octanol–water partition coefficient (Wildman–Crippen LogP) is 5.63. The Hall–Kier alpha value is -1.53. The van der Waals surface area contributed by atoms with Gasteiger partial charge < -0.3 is 15.4 Å². The quantitative estimate of drug-likeness (QED) is 0.460. The molecule has 0 aliphatic rings. The molecule has 138 valence electrons. The average molecular weight is 432 g/mol. The summed E-state index contributed by atoms with van der Waals surface area (Å²) in [5.41, 5.74) is 1.72. The topological polar surface area (TPSA) is 50.4 Å². The molecule has 1 amide bonds. The number of thiocarbonyl (C=S) groups is 1. The summed E-state index contributed by atoms with van der Waals surface area (Å²) in [5, 5.41) is 7.38. The van der Waals surface area contributed by atoms with E-state index >= 15 is 0 Å². The fourth-order valence-electron chi connectivity index (χ4n) is 2.08. The van der Waals surface area contributed by atoms with Gasteiger partial charge in [0.15, 0.2) is 5.11 Å². The Bertz CT molecular complexity index is 815. The Morgan fingerprint density at radius 2 is 1.81 bits per heavy atom. The molecule has 0 radical (unpaired) electrons. The smallest absolute Gasteiger partial charge is 0.226 e. The van der Waals surface area contributed by atoms with Gasteiger partial charge in [0.2, 0.25) is 5.91 Å². The molecule has 0 aliphatic heterocycles. The van der Waals surface area contributed by atoms with Crippen LogP contribution in [0.15, 0.2) is 36.4 Å². The first kappa shape index (κ1) is 20.8. The number of amides is 1. The summed E-state index contributed by atoms with van der Waals surface area (Å²) in [7, 11) is 0. The molecule has 2 aromatic rings. The second-order valence-electron chi connectivity index (χ2n) is 5.49. The Balaban J connectivity index is 1.72. The summed E-state index contributed by atoms with van der Waals surface area (Å²) in [4.78, 5) is 12.0. The number of hydrogen-bond donors (Lipinski definition) is 2. The maximum absolute atomic E-state index is 12.0. The van der Waals surface area contributed by atoms with Crippen LogP contribution in [0, 0.1) is 6.92 Å². The molecular formula is C18H17Cl3N2O2S. The van der Waals surface area contributed by atoms with Crippen LogP contribution >= 0.6 is 47.0 Å². The lowest BCUT2D eigenvalue weighted by Crippen LogP contribution is -2.34. The Kier molecular flexibility index (Phi) is 7.97. The molecule has 0 saturated carbocycles. The number of hydrogen-bond acceptors (Lipinski definition) is 3. The highest BCUT2D eigenvalue weighted by Gasteiger charge is 2.08. The van der Waals surface area contributed by atoms with E-state index in [0.717, 1.165) is 11.3 Å². The van der Waals surface area contributed by atoms with E-state index in [1.165, 1.54) is 0 Å². The molecule has 0 spiro atoms. The number of anilines is 1. The lowest BCUT2D eigenvalue weighted by Gasteiger charge is -2.12. The van der Waals surface area contributed by atoms with Gasteiger partial charge in [-0.2, -0.15) is 0 Å². The van der Waals surface area contributed by atoms with Gasteiger partial charge in [-0.1, -0.05) is 40.9 Å². The minimum absolute atomic E-state index is 0.201. The third-order valence-corrected chi connectivity index (χ3v) is 4.37. The molecule has 0 aromatic heterocycles. The maximum atomic E-state index is 12.0. The number of aryl methyl sites for hydroxylation is 1. The van der Waals surface area contributed by atoms with Crippen LogP contribution in [0.1, 0.15) is 18.4 Å². The first-order chi connectivity index (χ1) is 12.3. The zero-order valence-corrected chi connectivity index (χ0v) is 17.0. The van der Waals surface area contributed by atoms with Crippen molar-refractivity contribution in [2.24, 2.45) is 0 Å². The average Bonchev–Trinajstić information content (AvgIpc) is 2.56. The first-order valence-corrected chi connectivity index (χ1v) is 9.34. The van der Waals surface area contributed by atoms with E-state index in [1.54, 1.807) is 30.3 Å². The van der Waals surface area contributed by atoms with Crippen molar-refractivity contribution in [3.63, 3.8) is 0 Å². The van der Waals surface area contributed by atoms with Crippen molar-refractivity contribution >= 4 is 63.7 Å². The highest BCUT2D eigenvalue weighted by atomic mass is 35.5. The largest absolute Gasteiger partial charge is 0.492 e. The summed E-state index contributed by atoms with van der Waals surface area (Å²) >= 11 is 23.0. The number of halogens is 3. The van der Waals surface area contributed by atoms with Crippen molar-refractivity contribution in [1.29, 1.82) is 0 Å². The summed E-state index contributed by atoms with van der Waals surface area (Å²) in [5.74, 6) is 0.332. The van der Waals surface area contributed by atoms with E-state index in [0.29, 0.717) is 33.8 Å². The zero-order chi connectivity index (χ0) is 19.1. The van der Waals surface area contributed by atoms with Crippen molar-refractivity contribution in [2.75, 3.05) is 11.9 Å². The molecule has 0 fully saturated rings. The van der Waals surface area contributed by atoms with Crippen molar-refractivity contribution in [2.45, 2.75) is 19.8 Å². The minimum atomic E-state index is -0.201. The molecule has 0 bridgehead atoms. The predicted molar refractivity (Wildman–Crippen MR) is 112 cm³/mol. The normalized spacial score (nSPS) is 10.3. The number of rotatable bonds is 6. The second-order valence-corrected chi connectivity index (χ2v) is 7.18. The first-order valence-electron chi connectivity index (χ1n) is 7.80. The molecule has 2 N–H and O–H groups in total. The van der Waals surface area contributed by atoms with Crippen LogP contribution in [-0.4, -0.2) is 17.6 Å². The number of benzene rings is 2. The third-order valence-electron chi connectivity index (χ3n) is 3.40. The van der Waals surface area contributed by atoms with Gasteiger partial charge in [-0.25, -0.2) is 0 Å². The highest BCUT2D eigenvalue weighted by molar-refractivity contribution is 7.80. The van der Waals surface area contributed by atoms with Crippen molar-refractivity contribution in [3.05, 3.63) is 57.0 Å². The summed E-state index contributed by atoms with van der Waals surface area (Å²) in [6, 6.07) is 10.4. The fraction of sp³-hybridized carbons (Fsp3) is 0.222. The van der Waals surface area contributed by atoms with E-state index in [2.05, 4.69) is 10.6 Å². The van der Waals surface area contributed by atoms with Gasteiger partial charge in [0.25, 0.3) is 0 Å². The van der Waals surface area contributed by atoms with E-state index in [4.69, 9.17) is 51.8 Å². The number of carbonyl (C=O) groups is 1. The molecule has 8 heteroatoms. The summed E-state index contributed by atoms with van der Waals surface area (Å²) < 4.78 is 5.54. The van der Waals surface area contributed by atoms with E-state index in [9.17, 15) is 4.79 Å². The van der Waals surface area contributed by atoms with Gasteiger partial charge in [0.1, 0.15) is 5.75 Å². The lowest BCUT2D eigenvalue weighted by molar-refractivity contribution is -0.119. The molecule has 26 heavy (non-hydrogen) atoms. The van der Waals surface area contributed by atoms with Gasteiger partial charge in [0.05, 0.1) is 11.6 Å². The van der Waals surface area contributed by atoms with E-state index in [-0.39, 0.29) is 17.4 Å². The molecule has 0 heterocycles. The SMILES string of the molecule is Cc1ccc(Cl)cc1NC(=S)NC(=O)CCCOc1ccc(Cl)cc1Cl. The third kappa shape index (κ3) is 6.65. The standard InChI is InChI=1S/C18H17Cl3N2O2S/c1-11-4-5-13(20)10-15(11)22-18(26)23-17(24)3-2-8-25-16-7-6-12(19)9-14(16)21/h4-7,9-10H,2-3,8H2,1H3,(H2,22,23,24,26). The van der Waals surface area contributed by atoms with Crippen LogP contribution in [0.4, 0.5) is 5.69 Å². The Labute approximate surface area is 172 Å². The Morgan fingerprint density at radius 1 is 1.12 bits per heavy atom. The van der Waals surface area contributed by atoms with E-state index < -0.39 is 0 Å². The molecular weight excluding hydrogens is 415 g/mol. The molecule has 0 saturated heterocycles. The van der Waals surface area contributed by atoms with Gasteiger partial charge in [0, 0.05) is 22.2 Å². The van der Waals surface area contributed by atoms with Crippen LogP contribution in [0.5, 0.6) is 5.75 Å². The highest BCUT2D eigenvalue weighted by Crippen LogP contribution is 2.27. The lowest BCUT2D eigenvalue weighted by atomic mass is 10.2. The van der Waals surface area contributed by atoms with Crippen LogP contribution in [0.2, 0.25) is 15.1 Å².